The van der Waals surface area contributed by atoms with Crippen LogP contribution in [0.5, 0.6) is 0 Å². The predicted octanol–water partition coefficient (Wildman–Crippen LogP) is 9.91. The summed E-state index contributed by atoms with van der Waals surface area (Å²) in [6.45, 7) is 0.265. The minimum atomic E-state index is -3.79. The fourth-order valence-electron chi connectivity index (χ4n) is 8.15. The molecule has 2 amide bonds. The molecule has 8 rings (SSSR count). The topological polar surface area (TPSA) is 193 Å². The van der Waals surface area contributed by atoms with Crippen LogP contribution in [0.4, 0.5) is 0 Å². The number of hydrogen-bond acceptors (Lipinski definition) is 10. The van der Waals surface area contributed by atoms with Crippen molar-refractivity contribution in [1.82, 2.24) is 10.6 Å². The van der Waals surface area contributed by atoms with E-state index >= 15 is 0 Å². The van der Waals surface area contributed by atoms with Gasteiger partial charge in [-0.3, -0.25) is 9.59 Å². The van der Waals surface area contributed by atoms with E-state index in [9.17, 15) is 36.9 Å². The summed E-state index contributed by atoms with van der Waals surface area (Å²) < 4.78 is 65.4. The summed E-state index contributed by atoms with van der Waals surface area (Å²) >= 11 is 36.4. The Kier molecular flexibility index (Phi) is 15.6. The van der Waals surface area contributed by atoms with E-state index in [1.54, 1.807) is 60.7 Å². The highest BCUT2D eigenvalue weighted by Gasteiger charge is 2.52. The first-order valence-electron chi connectivity index (χ1n) is 20.8. The van der Waals surface area contributed by atoms with E-state index < -0.39 is 65.3 Å². The van der Waals surface area contributed by atoms with E-state index in [0.29, 0.717) is 45.8 Å². The molecule has 4 fully saturated rings. The third-order valence-electron chi connectivity index (χ3n) is 12.3. The van der Waals surface area contributed by atoms with Crippen LogP contribution in [0.1, 0.15) is 62.5 Å². The molecule has 0 unspecified atom stereocenters. The molecule has 12 nitrogen and oxygen atoms in total. The molecular weight excluding hydrogens is 1010 g/mol. The number of sulfone groups is 2. The molecule has 0 saturated heterocycles. The maximum Gasteiger partial charge on any atom is 0.227 e. The van der Waals surface area contributed by atoms with Crippen LogP contribution in [-0.4, -0.2) is 62.4 Å². The fraction of sp³-hybridized carbons (Fsp3) is 0.391. The Labute approximate surface area is 413 Å². The summed E-state index contributed by atoms with van der Waals surface area (Å²) in [7, 11) is -7.59. The van der Waals surface area contributed by atoms with Gasteiger partial charge in [-0.2, -0.15) is 10.5 Å². The molecule has 348 valence electrons. The van der Waals surface area contributed by atoms with Crippen LogP contribution >= 0.6 is 69.6 Å². The van der Waals surface area contributed by atoms with Gasteiger partial charge in [0.25, 0.3) is 0 Å². The first kappa shape index (κ1) is 50.2. The van der Waals surface area contributed by atoms with Gasteiger partial charge in [0, 0.05) is 0 Å². The lowest BCUT2D eigenvalue weighted by Gasteiger charge is -2.21. The Balaban J connectivity index is 0.000000196. The molecule has 0 bridgehead atoms. The molecule has 4 aliphatic rings. The summed E-state index contributed by atoms with van der Waals surface area (Å²) in [5, 5.41) is 24.4. The van der Waals surface area contributed by atoms with Crippen LogP contribution in [-0.2, 0) is 52.0 Å². The highest BCUT2D eigenvalue weighted by molar-refractivity contribution is 7.92. The molecule has 2 N–H and O–H groups in total. The lowest BCUT2D eigenvalue weighted by atomic mass is 10.0. The van der Waals surface area contributed by atoms with Gasteiger partial charge in [-0.1, -0.05) is 106 Å². The van der Waals surface area contributed by atoms with Crippen molar-refractivity contribution in [3.63, 3.8) is 0 Å². The Hall–Kier alpha value is -3.64. The van der Waals surface area contributed by atoms with Gasteiger partial charge in [-0.05, 0) is 111 Å². The number of hydrogen-bond donors (Lipinski definition) is 2. The maximum atomic E-state index is 13.3. The first-order chi connectivity index (χ1) is 31.3. The standard InChI is InChI=1S/2C23H21Cl3N2O4S/c2*24-17-6-5-14(9-19(17)26)12-32-20-11-15(33(30,31)21-4-2-1-3-18(21)25)10-16(20)22(29)28-23(13-27)7-8-23/h2*1-6,9,15-16,20H,7-8,10-12H2,(H,28,29)/t2*15-,16-,20-/m10/s1. The van der Waals surface area contributed by atoms with Gasteiger partial charge < -0.3 is 20.1 Å². The van der Waals surface area contributed by atoms with Crippen LogP contribution in [0.3, 0.4) is 0 Å². The molecule has 0 heterocycles. The van der Waals surface area contributed by atoms with E-state index in [-0.39, 0.29) is 70.5 Å². The van der Waals surface area contributed by atoms with Crippen LogP contribution in [0, 0.1) is 34.5 Å². The van der Waals surface area contributed by atoms with Gasteiger partial charge in [-0.25, -0.2) is 16.8 Å². The van der Waals surface area contributed by atoms with Crippen LogP contribution in [0.25, 0.3) is 0 Å². The summed E-state index contributed by atoms with van der Waals surface area (Å²) in [4.78, 5) is 26.2. The van der Waals surface area contributed by atoms with Gasteiger partial charge in [-0.15, -0.1) is 0 Å². The molecule has 6 atom stereocenters. The van der Waals surface area contributed by atoms with Gasteiger partial charge in [0.2, 0.25) is 11.8 Å². The smallest absolute Gasteiger partial charge is 0.227 e. The molecule has 0 aliphatic heterocycles. The summed E-state index contributed by atoms with van der Waals surface area (Å²) in [5.74, 6) is -2.18. The van der Waals surface area contributed by atoms with E-state index in [1.807, 2.05) is 0 Å². The Bertz CT molecular complexity index is 2640. The molecule has 4 aromatic carbocycles. The molecule has 66 heavy (non-hydrogen) atoms. The van der Waals surface area contributed by atoms with Gasteiger partial charge in [0.15, 0.2) is 19.7 Å². The maximum absolute atomic E-state index is 13.3. The zero-order chi connectivity index (χ0) is 47.6. The highest BCUT2D eigenvalue weighted by atomic mass is 35.5. The van der Waals surface area contributed by atoms with E-state index in [2.05, 4.69) is 22.8 Å². The van der Waals surface area contributed by atoms with Gasteiger partial charge >= 0.3 is 0 Å². The quantitative estimate of drug-likeness (QED) is 0.123. The summed E-state index contributed by atoms with van der Waals surface area (Å²) in [5.41, 5.74) is -0.218. The second-order valence-corrected chi connectivity index (χ2v) is 23.7. The van der Waals surface area contributed by atoms with Crippen LogP contribution < -0.4 is 10.6 Å². The predicted molar refractivity (Wildman–Crippen MR) is 252 cm³/mol. The molecule has 0 spiro atoms. The number of benzene rings is 4. The molecule has 0 aromatic heterocycles. The number of carbonyl (C=O) groups is 2. The van der Waals surface area contributed by atoms with Gasteiger partial charge in [0.1, 0.15) is 11.1 Å². The van der Waals surface area contributed by atoms with Crippen LogP contribution in [0.15, 0.2) is 94.7 Å². The van der Waals surface area contributed by atoms with Gasteiger partial charge in [0.05, 0.1) is 99.8 Å². The number of nitriles is 2. The van der Waals surface area contributed by atoms with Crippen molar-refractivity contribution in [3.8, 4) is 12.1 Å². The number of ether oxygens (including phenoxy) is 2. The Morgan fingerprint density at radius 3 is 1.23 bits per heavy atom. The molecule has 4 aromatic rings. The minimum Gasteiger partial charge on any atom is -0.373 e. The average molecular weight is 1060 g/mol. The second kappa shape index (κ2) is 20.5. The lowest BCUT2D eigenvalue weighted by molar-refractivity contribution is -0.131. The summed E-state index contributed by atoms with van der Waals surface area (Å²) in [6, 6.07) is 26.9. The van der Waals surface area contributed by atoms with Crippen molar-refractivity contribution in [3.05, 3.63) is 126 Å². The fourth-order valence-corrected chi connectivity index (χ4v) is 13.4. The van der Waals surface area contributed by atoms with Crippen molar-refractivity contribution in [2.45, 2.75) is 108 Å². The SMILES string of the molecule is N#CC1(NC(=O)[C@@H]2C[C@@H](S(=O)(=O)c3ccccc3Cl)C[C@H]2OCc2ccc(Cl)c(Cl)c2)CC1.N#CC1(NC(=O)[C@H]2C[C@H](S(=O)(=O)c3ccccc3Cl)C[C@@H]2OCc2ccc(Cl)c(Cl)c2)CC1. The van der Waals surface area contributed by atoms with Crippen molar-refractivity contribution < 1.29 is 35.9 Å². The number of carbonyl (C=O) groups excluding carboxylic acids is 2. The number of rotatable bonds is 14. The van der Waals surface area contributed by atoms with E-state index in [0.717, 1.165) is 11.1 Å². The van der Waals surface area contributed by atoms with Crippen molar-refractivity contribution >= 4 is 101 Å². The zero-order valence-corrected chi connectivity index (χ0v) is 41.0. The number of nitrogens with zero attached hydrogens (tertiary/aromatic N) is 2. The van der Waals surface area contributed by atoms with E-state index in [4.69, 9.17) is 79.1 Å². The van der Waals surface area contributed by atoms with E-state index in [1.165, 1.54) is 24.3 Å². The van der Waals surface area contributed by atoms with Crippen molar-refractivity contribution in [2.24, 2.45) is 11.8 Å². The third-order valence-corrected chi connectivity index (χ3v) is 19.1. The van der Waals surface area contributed by atoms with Crippen molar-refractivity contribution in [1.29, 1.82) is 10.5 Å². The first-order valence-corrected chi connectivity index (χ1v) is 26.2. The molecular formula is C46H42Cl6N4O8S2. The number of halogens is 6. The third kappa shape index (κ3) is 11.4. The zero-order valence-electron chi connectivity index (χ0n) is 34.9. The average Bonchev–Trinajstić information content (AvgIpc) is 4.14. The minimum absolute atomic E-state index is 0.0386. The normalized spacial score (nSPS) is 23.6. The molecule has 0 radical (unpaired) electrons. The molecule has 4 aliphatic carbocycles. The highest BCUT2D eigenvalue weighted by Crippen LogP contribution is 2.43. The Morgan fingerprint density at radius 2 is 0.909 bits per heavy atom. The monoisotopic (exact) mass is 1050 g/mol. The lowest BCUT2D eigenvalue weighted by Crippen LogP contribution is -2.42. The number of amides is 2. The Morgan fingerprint density at radius 1 is 0.545 bits per heavy atom. The molecule has 4 saturated carbocycles. The molecule has 20 heteroatoms. The van der Waals surface area contributed by atoms with Crippen molar-refractivity contribution in [2.75, 3.05) is 0 Å². The largest absolute Gasteiger partial charge is 0.373 e. The number of nitrogens with one attached hydrogen (secondary N) is 2. The second-order valence-electron chi connectivity index (χ2n) is 16.9. The van der Waals surface area contributed by atoms with Crippen LogP contribution in [0.2, 0.25) is 30.1 Å². The summed E-state index contributed by atoms with van der Waals surface area (Å²) in [6.07, 6.45) is 1.43.